The van der Waals surface area contributed by atoms with Crippen molar-refractivity contribution in [3.8, 4) is 16.2 Å². The minimum Gasteiger partial charge on any atom is -0.494 e. The number of ketones is 1. The Labute approximate surface area is 199 Å². The predicted octanol–water partition coefficient (Wildman–Crippen LogP) is 6.53. The van der Waals surface area contributed by atoms with Crippen molar-refractivity contribution in [2.75, 3.05) is 6.61 Å². The molecule has 5 nitrogen and oxygen atoms in total. The van der Waals surface area contributed by atoms with Crippen molar-refractivity contribution in [1.29, 1.82) is 0 Å². The topological polar surface area (TPSA) is 61.2 Å². The van der Waals surface area contributed by atoms with E-state index >= 15 is 0 Å². The molecule has 0 N–H and O–H groups in total. The Morgan fingerprint density at radius 1 is 1.16 bits per heavy atom. The van der Waals surface area contributed by atoms with E-state index in [2.05, 4.69) is 0 Å². The molecule has 4 rings (SSSR count). The molecule has 166 valence electrons. The molecular formula is C24H24N2O3S3. The smallest absolute Gasteiger partial charge is 0.263 e. The number of rotatable bonds is 8. The van der Waals surface area contributed by atoms with E-state index in [1.54, 1.807) is 40.2 Å². The second-order valence-electron chi connectivity index (χ2n) is 7.55. The van der Waals surface area contributed by atoms with E-state index in [0.29, 0.717) is 27.5 Å². The van der Waals surface area contributed by atoms with E-state index in [0.717, 1.165) is 16.2 Å². The van der Waals surface area contributed by atoms with E-state index < -0.39 is 0 Å². The van der Waals surface area contributed by atoms with Crippen LogP contribution in [-0.2, 0) is 0 Å². The fourth-order valence-corrected chi connectivity index (χ4v) is 6.39. The summed E-state index contributed by atoms with van der Waals surface area (Å²) in [7, 11) is 0. The lowest BCUT2D eigenvalue weighted by atomic mass is 10.1. The third-order valence-electron chi connectivity index (χ3n) is 5.01. The number of carbonyl (C=O) groups excluding carboxylic acids is 1. The van der Waals surface area contributed by atoms with Gasteiger partial charge in [-0.25, -0.2) is 4.98 Å². The van der Waals surface area contributed by atoms with Crippen LogP contribution in [0.5, 0.6) is 5.75 Å². The molecular weight excluding hydrogens is 460 g/mol. The zero-order chi connectivity index (χ0) is 22.8. The molecule has 0 saturated carbocycles. The van der Waals surface area contributed by atoms with Gasteiger partial charge in [-0.1, -0.05) is 17.8 Å². The molecule has 0 fully saturated rings. The number of Topliss-reactive ketones (excluding diaryl/α,β-unsaturated/α-hetero) is 1. The fraction of sp³-hybridized carbons (Fsp3) is 0.292. The molecule has 0 saturated heterocycles. The molecule has 0 radical (unpaired) electrons. The number of benzene rings is 1. The molecule has 1 atom stereocenters. The van der Waals surface area contributed by atoms with Gasteiger partial charge in [-0.15, -0.1) is 22.7 Å². The third kappa shape index (κ3) is 4.40. The Morgan fingerprint density at radius 3 is 2.53 bits per heavy atom. The molecule has 0 aliphatic carbocycles. The number of thiophene rings is 2. The maximum absolute atomic E-state index is 13.5. The summed E-state index contributed by atoms with van der Waals surface area (Å²) in [5.41, 5.74) is 1.49. The summed E-state index contributed by atoms with van der Waals surface area (Å²) in [4.78, 5) is 33.1. The maximum Gasteiger partial charge on any atom is 0.263 e. The van der Waals surface area contributed by atoms with E-state index in [1.165, 1.54) is 23.1 Å². The summed E-state index contributed by atoms with van der Waals surface area (Å²) in [5, 5.41) is 4.84. The molecule has 0 amide bonds. The lowest BCUT2D eigenvalue weighted by molar-refractivity contribution is 0.0993. The van der Waals surface area contributed by atoms with E-state index in [4.69, 9.17) is 9.72 Å². The monoisotopic (exact) mass is 484 g/mol. The van der Waals surface area contributed by atoms with Gasteiger partial charge in [0.2, 0.25) is 0 Å². The number of hydrogen-bond donors (Lipinski definition) is 0. The molecule has 3 heterocycles. The first-order chi connectivity index (χ1) is 15.4. The number of fused-ring (bicyclic) bond motifs is 1. The Hall–Kier alpha value is -2.42. The van der Waals surface area contributed by atoms with E-state index in [-0.39, 0.29) is 22.6 Å². The van der Waals surface area contributed by atoms with Crippen LogP contribution in [0, 0.1) is 0 Å². The molecule has 0 aliphatic rings. The maximum atomic E-state index is 13.5. The van der Waals surface area contributed by atoms with Gasteiger partial charge in [0.1, 0.15) is 10.6 Å². The molecule has 32 heavy (non-hydrogen) atoms. The van der Waals surface area contributed by atoms with E-state index in [1.807, 2.05) is 50.6 Å². The second kappa shape index (κ2) is 9.60. The molecule has 0 bridgehead atoms. The standard InChI is InChI=1S/C24H24N2O3S3/c1-5-29-17-10-8-16(9-11-17)21(27)15(4)32-24-25-22-20(23(28)26(24)14(2)3)18(13-31-22)19-7-6-12-30-19/h6-15H,5H2,1-4H3/t15-/m0/s1. The van der Waals surface area contributed by atoms with Crippen molar-refractivity contribution in [2.45, 2.75) is 44.1 Å². The first-order valence-electron chi connectivity index (χ1n) is 10.4. The lowest BCUT2D eigenvalue weighted by Crippen LogP contribution is -2.26. The van der Waals surface area contributed by atoms with Crippen molar-refractivity contribution >= 4 is 50.4 Å². The van der Waals surface area contributed by atoms with Crippen LogP contribution in [0.25, 0.3) is 20.7 Å². The summed E-state index contributed by atoms with van der Waals surface area (Å²) in [5.74, 6) is 0.734. The van der Waals surface area contributed by atoms with Gasteiger partial charge in [0, 0.05) is 27.4 Å². The Morgan fingerprint density at radius 2 is 1.91 bits per heavy atom. The number of hydrogen-bond acceptors (Lipinski definition) is 7. The summed E-state index contributed by atoms with van der Waals surface area (Å²) in [6.07, 6.45) is 0. The van der Waals surface area contributed by atoms with E-state index in [9.17, 15) is 9.59 Å². The fourth-order valence-electron chi connectivity index (χ4n) is 3.46. The van der Waals surface area contributed by atoms with Crippen molar-refractivity contribution < 1.29 is 9.53 Å². The van der Waals surface area contributed by atoms with Gasteiger partial charge in [-0.3, -0.25) is 14.2 Å². The first-order valence-corrected chi connectivity index (χ1v) is 13.1. The highest BCUT2D eigenvalue weighted by Gasteiger charge is 2.23. The highest BCUT2D eigenvalue weighted by atomic mass is 32.2. The van der Waals surface area contributed by atoms with Gasteiger partial charge >= 0.3 is 0 Å². The van der Waals surface area contributed by atoms with Gasteiger partial charge in [-0.2, -0.15) is 0 Å². The number of nitrogens with zero attached hydrogens (tertiary/aromatic N) is 2. The molecule has 3 aromatic heterocycles. The Kier molecular flexibility index (Phi) is 6.83. The molecule has 1 aromatic carbocycles. The normalized spacial score (nSPS) is 12.4. The van der Waals surface area contributed by atoms with Crippen LogP contribution in [0.15, 0.2) is 57.1 Å². The van der Waals surface area contributed by atoms with Crippen LogP contribution < -0.4 is 10.3 Å². The van der Waals surface area contributed by atoms with Crippen LogP contribution in [0.4, 0.5) is 0 Å². The zero-order valence-corrected chi connectivity index (χ0v) is 20.8. The van der Waals surface area contributed by atoms with Crippen molar-refractivity contribution in [1.82, 2.24) is 9.55 Å². The Balaban J connectivity index is 1.68. The SMILES string of the molecule is CCOc1ccc(C(=O)[C@H](C)Sc2nc3scc(-c4cccs4)c3c(=O)n2C(C)C)cc1. The highest BCUT2D eigenvalue weighted by molar-refractivity contribution is 8.00. The highest BCUT2D eigenvalue weighted by Crippen LogP contribution is 2.36. The summed E-state index contributed by atoms with van der Waals surface area (Å²) < 4.78 is 7.17. The average molecular weight is 485 g/mol. The Bertz CT molecular complexity index is 1290. The average Bonchev–Trinajstić information content (AvgIpc) is 3.43. The lowest BCUT2D eigenvalue weighted by Gasteiger charge is -2.18. The largest absolute Gasteiger partial charge is 0.494 e. The van der Waals surface area contributed by atoms with Crippen LogP contribution in [0.1, 0.15) is 44.1 Å². The minimum atomic E-state index is -0.390. The summed E-state index contributed by atoms with van der Waals surface area (Å²) >= 11 is 4.41. The van der Waals surface area contributed by atoms with Gasteiger partial charge in [0.25, 0.3) is 5.56 Å². The molecule has 8 heteroatoms. The van der Waals surface area contributed by atoms with Crippen molar-refractivity contribution in [2.24, 2.45) is 0 Å². The van der Waals surface area contributed by atoms with Gasteiger partial charge in [0.15, 0.2) is 10.9 Å². The number of aromatic nitrogens is 2. The van der Waals surface area contributed by atoms with Crippen LogP contribution >= 0.6 is 34.4 Å². The van der Waals surface area contributed by atoms with Gasteiger partial charge in [0.05, 0.1) is 17.2 Å². The van der Waals surface area contributed by atoms with Crippen molar-refractivity contribution in [3.05, 3.63) is 63.1 Å². The van der Waals surface area contributed by atoms with Crippen LogP contribution in [-0.4, -0.2) is 27.2 Å². The molecule has 0 unspecified atom stereocenters. The summed E-state index contributed by atoms with van der Waals surface area (Å²) in [6.45, 7) is 8.30. The zero-order valence-electron chi connectivity index (χ0n) is 18.3. The number of ether oxygens (including phenoxy) is 1. The van der Waals surface area contributed by atoms with Gasteiger partial charge < -0.3 is 4.74 Å². The molecule has 0 spiro atoms. The number of thioether (sulfide) groups is 1. The third-order valence-corrected chi connectivity index (χ3v) is 7.85. The van der Waals surface area contributed by atoms with Crippen molar-refractivity contribution in [3.63, 3.8) is 0 Å². The molecule has 0 aliphatic heterocycles. The van der Waals surface area contributed by atoms with Crippen LogP contribution in [0.2, 0.25) is 0 Å². The predicted molar refractivity (Wildman–Crippen MR) is 135 cm³/mol. The minimum absolute atomic E-state index is 0.00634. The van der Waals surface area contributed by atoms with Gasteiger partial charge in [-0.05, 0) is 63.4 Å². The first kappa shape index (κ1) is 22.8. The molecule has 4 aromatic rings. The number of carbonyl (C=O) groups is 1. The second-order valence-corrected chi connectivity index (χ2v) is 10.7. The summed E-state index contributed by atoms with van der Waals surface area (Å²) in [6, 6.07) is 11.1. The quantitative estimate of drug-likeness (QED) is 0.162. The van der Waals surface area contributed by atoms with Crippen LogP contribution in [0.3, 0.4) is 0 Å².